The van der Waals surface area contributed by atoms with Gasteiger partial charge in [-0.3, -0.25) is 9.59 Å². The van der Waals surface area contributed by atoms with Crippen molar-refractivity contribution < 1.29 is 23.1 Å². The molecule has 1 saturated carbocycles. The van der Waals surface area contributed by atoms with Crippen LogP contribution in [0.4, 0.5) is 14.5 Å². The summed E-state index contributed by atoms with van der Waals surface area (Å²) < 4.78 is 31.6. The summed E-state index contributed by atoms with van der Waals surface area (Å²) in [6.07, 6.45) is 2.48. The van der Waals surface area contributed by atoms with Crippen LogP contribution in [0.1, 0.15) is 46.0 Å². The fourth-order valence-electron chi connectivity index (χ4n) is 2.87. The van der Waals surface area contributed by atoms with Crippen LogP contribution in [0.2, 0.25) is 0 Å². The van der Waals surface area contributed by atoms with Crippen molar-refractivity contribution in [2.24, 2.45) is 11.8 Å². The van der Waals surface area contributed by atoms with Crippen LogP contribution in [0.15, 0.2) is 18.2 Å². The minimum Gasteiger partial charge on any atom is -0.462 e. The number of benzene rings is 1. The van der Waals surface area contributed by atoms with Gasteiger partial charge in [-0.05, 0) is 43.2 Å². The van der Waals surface area contributed by atoms with Gasteiger partial charge in [0.25, 0.3) is 0 Å². The number of rotatable bonds is 5. The number of esters is 1. The van der Waals surface area contributed by atoms with Crippen molar-refractivity contribution in [3.8, 4) is 0 Å². The standard InChI is InChI=1S/C18H23F2NO3/c1-11-3-5-14(9-12(11)2)24-18(23)8-7-17(22)21-16-6-4-13(19)10-15(16)20/h4,6,10-12,14H,3,5,7-9H2,1-2H3,(H,21,22). The lowest BCUT2D eigenvalue weighted by atomic mass is 9.80. The first-order valence-corrected chi connectivity index (χ1v) is 8.29. The van der Waals surface area contributed by atoms with Crippen LogP contribution in [-0.2, 0) is 14.3 Å². The van der Waals surface area contributed by atoms with Crippen molar-refractivity contribution in [3.05, 3.63) is 29.8 Å². The van der Waals surface area contributed by atoms with Gasteiger partial charge in [-0.15, -0.1) is 0 Å². The van der Waals surface area contributed by atoms with Crippen LogP contribution in [0.5, 0.6) is 0 Å². The van der Waals surface area contributed by atoms with Crippen molar-refractivity contribution in [1.29, 1.82) is 0 Å². The van der Waals surface area contributed by atoms with E-state index in [1.165, 1.54) is 0 Å². The molecular weight excluding hydrogens is 316 g/mol. The van der Waals surface area contributed by atoms with E-state index in [2.05, 4.69) is 19.2 Å². The lowest BCUT2D eigenvalue weighted by Crippen LogP contribution is -2.29. The third-order valence-corrected chi connectivity index (χ3v) is 4.61. The molecule has 132 valence electrons. The highest BCUT2D eigenvalue weighted by atomic mass is 19.1. The minimum atomic E-state index is -0.851. The Morgan fingerprint density at radius 2 is 1.92 bits per heavy atom. The number of hydrogen-bond donors (Lipinski definition) is 1. The first kappa shape index (κ1) is 18.4. The van der Waals surface area contributed by atoms with Crippen molar-refractivity contribution in [3.63, 3.8) is 0 Å². The van der Waals surface area contributed by atoms with Crippen LogP contribution >= 0.6 is 0 Å². The molecule has 0 radical (unpaired) electrons. The number of carbonyl (C=O) groups is 2. The molecule has 1 aliphatic carbocycles. The van der Waals surface area contributed by atoms with Crippen LogP contribution in [0, 0.1) is 23.5 Å². The van der Waals surface area contributed by atoms with Crippen LogP contribution in [0.25, 0.3) is 0 Å². The molecule has 3 atom stereocenters. The van der Waals surface area contributed by atoms with Gasteiger partial charge in [-0.2, -0.15) is 0 Å². The largest absolute Gasteiger partial charge is 0.462 e. The topological polar surface area (TPSA) is 55.4 Å². The van der Waals surface area contributed by atoms with Gasteiger partial charge in [-0.25, -0.2) is 8.78 Å². The molecule has 1 fully saturated rings. The molecule has 1 N–H and O–H groups in total. The van der Waals surface area contributed by atoms with Gasteiger partial charge in [-0.1, -0.05) is 13.8 Å². The number of ether oxygens (including phenoxy) is 1. The predicted octanol–water partition coefficient (Wildman–Crippen LogP) is 4.05. The number of hydrogen-bond acceptors (Lipinski definition) is 3. The Morgan fingerprint density at radius 1 is 1.17 bits per heavy atom. The van der Waals surface area contributed by atoms with E-state index in [9.17, 15) is 18.4 Å². The summed E-state index contributed by atoms with van der Waals surface area (Å²) in [4.78, 5) is 23.6. The number of anilines is 1. The highest BCUT2D eigenvalue weighted by Gasteiger charge is 2.27. The third kappa shape index (κ3) is 5.28. The molecule has 3 unspecified atom stereocenters. The molecule has 0 spiro atoms. The Kier molecular flexibility index (Phi) is 6.29. The smallest absolute Gasteiger partial charge is 0.306 e. The molecule has 0 aromatic heterocycles. The van der Waals surface area contributed by atoms with Gasteiger partial charge in [0.05, 0.1) is 12.1 Å². The van der Waals surface area contributed by atoms with E-state index in [-0.39, 0.29) is 24.6 Å². The van der Waals surface area contributed by atoms with Gasteiger partial charge in [0, 0.05) is 12.5 Å². The van der Waals surface area contributed by atoms with Gasteiger partial charge in [0.1, 0.15) is 17.7 Å². The van der Waals surface area contributed by atoms with Gasteiger partial charge in [0.15, 0.2) is 0 Å². The average molecular weight is 339 g/mol. The molecule has 1 aromatic carbocycles. The monoisotopic (exact) mass is 339 g/mol. The predicted molar refractivity (Wildman–Crippen MR) is 86.3 cm³/mol. The van der Waals surface area contributed by atoms with E-state index in [4.69, 9.17) is 4.74 Å². The zero-order valence-corrected chi connectivity index (χ0v) is 14.0. The van der Waals surface area contributed by atoms with E-state index in [0.717, 1.165) is 31.4 Å². The summed E-state index contributed by atoms with van der Waals surface area (Å²) in [6.45, 7) is 4.34. The van der Waals surface area contributed by atoms with Crippen LogP contribution < -0.4 is 5.32 Å². The highest BCUT2D eigenvalue weighted by Crippen LogP contribution is 2.31. The number of nitrogens with one attached hydrogen (secondary N) is 1. The maximum absolute atomic E-state index is 13.4. The first-order chi connectivity index (χ1) is 11.3. The van der Waals surface area contributed by atoms with Crippen molar-refractivity contribution in [1.82, 2.24) is 0 Å². The normalized spacial score (nSPS) is 23.6. The highest BCUT2D eigenvalue weighted by molar-refractivity contribution is 5.92. The molecule has 1 aliphatic rings. The summed E-state index contributed by atoms with van der Waals surface area (Å²) in [7, 11) is 0. The van der Waals surface area contributed by atoms with E-state index >= 15 is 0 Å². The first-order valence-electron chi connectivity index (χ1n) is 8.29. The Labute approximate surface area is 140 Å². The maximum Gasteiger partial charge on any atom is 0.306 e. The molecule has 1 amide bonds. The molecule has 0 saturated heterocycles. The second-order valence-corrected chi connectivity index (χ2v) is 6.55. The molecule has 4 nitrogen and oxygen atoms in total. The van der Waals surface area contributed by atoms with Crippen molar-refractivity contribution in [2.75, 3.05) is 5.32 Å². The summed E-state index contributed by atoms with van der Waals surface area (Å²) in [5, 5.41) is 2.32. The number of amides is 1. The summed E-state index contributed by atoms with van der Waals surface area (Å²) in [5.74, 6) is -1.35. The molecule has 0 aliphatic heterocycles. The average Bonchev–Trinajstić information content (AvgIpc) is 2.52. The molecule has 0 heterocycles. The Balaban J connectivity index is 1.74. The van der Waals surface area contributed by atoms with Gasteiger partial charge < -0.3 is 10.1 Å². The molecular formula is C18H23F2NO3. The molecule has 0 bridgehead atoms. The van der Waals surface area contributed by atoms with Crippen molar-refractivity contribution >= 4 is 17.6 Å². The van der Waals surface area contributed by atoms with E-state index in [0.29, 0.717) is 17.9 Å². The molecule has 24 heavy (non-hydrogen) atoms. The maximum atomic E-state index is 13.4. The third-order valence-electron chi connectivity index (χ3n) is 4.61. The van der Waals surface area contributed by atoms with Crippen molar-refractivity contribution in [2.45, 2.75) is 52.1 Å². The molecule has 1 aromatic rings. The van der Waals surface area contributed by atoms with Gasteiger partial charge >= 0.3 is 5.97 Å². The minimum absolute atomic E-state index is 0.0604. The fourth-order valence-corrected chi connectivity index (χ4v) is 2.87. The van der Waals surface area contributed by atoms with Crippen LogP contribution in [0.3, 0.4) is 0 Å². The second kappa shape index (κ2) is 8.22. The van der Waals surface area contributed by atoms with E-state index in [1.54, 1.807) is 0 Å². The van der Waals surface area contributed by atoms with E-state index < -0.39 is 23.5 Å². The summed E-state index contributed by atoms with van der Waals surface area (Å²) in [5.41, 5.74) is -0.107. The Hall–Kier alpha value is -1.98. The zero-order chi connectivity index (χ0) is 17.7. The number of halogens is 2. The Morgan fingerprint density at radius 3 is 2.58 bits per heavy atom. The lowest BCUT2D eigenvalue weighted by Gasteiger charge is -2.31. The summed E-state index contributed by atoms with van der Waals surface area (Å²) in [6, 6.07) is 2.89. The van der Waals surface area contributed by atoms with E-state index in [1.807, 2.05) is 0 Å². The van der Waals surface area contributed by atoms with Gasteiger partial charge in [0.2, 0.25) is 5.91 Å². The SMILES string of the molecule is CC1CCC(OC(=O)CCC(=O)Nc2ccc(F)cc2F)CC1C. The Bertz CT molecular complexity index is 606. The second-order valence-electron chi connectivity index (χ2n) is 6.55. The number of carbonyl (C=O) groups excluding carboxylic acids is 2. The molecule has 2 rings (SSSR count). The zero-order valence-electron chi connectivity index (χ0n) is 14.0. The molecule has 6 heteroatoms. The lowest BCUT2D eigenvalue weighted by molar-refractivity contribution is -0.152. The quantitative estimate of drug-likeness (QED) is 0.823. The fraction of sp³-hybridized carbons (Fsp3) is 0.556. The summed E-state index contributed by atoms with van der Waals surface area (Å²) >= 11 is 0. The van der Waals surface area contributed by atoms with Crippen LogP contribution in [-0.4, -0.2) is 18.0 Å².